The van der Waals surface area contributed by atoms with Gasteiger partial charge in [0.25, 0.3) is 0 Å². The first-order valence-corrected chi connectivity index (χ1v) is 4.85. The average molecular weight is 187 g/mol. The molecular formula is C6H9N3O2S. The molecule has 0 amide bonds. The van der Waals surface area contributed by atoms with Crippen LogP contribution >= 0.6 is 0 Å². The van der Waals surface area contributed by atoms with Crippen molar-refractivity contribution < 1.29 is 8.95 Å². The summed E-state index contributed by atoms with van der Waals surface area (Å²) in [6, 6.07) is 0. The van der Waals surface area contributed by atoms with Gasteiger partial charge in [0, 0.05) is 13.0 Å². The predicted molar refractivity (Wildman–Crippen MR) is 42.9 cm³/mol. The normalized spacial score (nSPS) is 18.1. The van der Waals surface area contributed by atoms with E-state index in [4.69, 9.17) is 9.88 Å². The molecule has 0 bridgehead atoms. The molecule has 12 heavy (non-hydrogen) atoms. The number of aryl methyl sites for hydroxylation is 1. The lowest BCUT2D eigenvalue weighted by atomic mass is 10.4. The SMILES string of the molecule is NS(=O)c1cnn2c1OCCC2. The first-order valence-electron chi connectivity index (χ1n) is 3.64. The van der Waals surface area contributed by atoms with Crippen LogP contribution in [0.5, 0.6) is 5.88 Å². The smallest absolute Gasteiger partial charge is 0.229 e. The Bertz CT molecular complexity index is 323. The zero-order valence-electron chi connectivity index (χ0n) is 6.40. The lowest BCUT2D eigenvalue weighted by Gasteiger charge is -2.14. The van der Waals surface area contributed by atoms with Gasteiger partial charge >= 0.3 is 0 Å². The number of rotatable bonds is 1. The van der Waals surface area contributed by atoms with Gasteiger partial charge in [0.1, 0.15) is 15.9 Å². The third-order valence-electron chi connectivity index (χ3n) is 1.73. The highest BCUT2D eigenvalue weighted by Crippen LogP contribution is 2.23. The van der Waals surface area contributed by atoms with Crippen LogP contribution in [0.2, 0.25) is 0 Å². The third-order valence-corrected chi connectivity index (χ3v) is 2.44. The zero-order chi connectivity index (χ0) is 8.55. The van der Waals surface area contributed by atoms with Gasteiger partial charge in [-0.2, -0.15) is 5.10 Å². The monoisotopic (exact) mass is 187 g/mol. The minimum atomic E-state index is -1.50. The Hall–Kier alpha value is -0.880. The van der Waals surface area contributed by atoms with Crippen LogP contribution in [-0.4, -0.2) is 20.6 Å². The summed E-state index contributed by atoms with van der Waals surface area (Å²) in [6.07, 6.45) is 2.43. The second kappa shape index (κ2) is 2.87. The van der Waals surface area contributed by atoms with Crippen LogP contribution in [0.4, 0.5) is 0 Å². The van der Waals surface area contributed by atoms with Gasteiger partial charge < -0.3 is 4.74 Å². The first kappa shape index (κ1) is 7.75. The molecule has 2 heterocycles. The highest BCUT2D eigenvalue weighted by atomic mass is 32.2. The molecule has 1 unspecified atom stereocenters. The molecule has 1 aliphatic heterocycles. The van der Waals surface area contributed by atoms with Crippen molar-refractivity contribution in [3.05, 3.63) is 6.20 Å². The second-order valence-corrected chi connectivity index (χ2v) is 3.57. The van der Waals surface area contributed by atoms with Gasteiger partial charge in [-0.05, 0) is 0 Å². The number of aromatic nitrogens is 2. The Morgan fingerprint density at radius 2 is 2.58 bits per heavy atom. The number of fused-ring (bicyclic) bond motifs is 1. The Labute approximate surface area is 72.1 Å². The van der Waals surface area contributed by atoms with Crippen LogP contribution in [0.1, 0.15) is 6.42 Å². The molecular weight excluding hydrogens is 178 g/mol. The summed E-state index contributed by atoms with van der Waals surface area (Å²) >= 11 is 0. The van der Waals surface area contributed by atoms with E-state index in [1.807, 2.05) is 0 Å². The van der Waals surface area contributed by atoms with Crippen LogP contribution in [0, 0.1) is 0 Å². The zero-order valence-corrected chi connectivity index (χ0v) is 7.21. The van der Waals surface area contributed by atoms with Gasteiger partial charge in [-0.25, -0.2) is 14.0 Å². The summed E-state index contributed by atoms with van der Waals surface area (Å²) in [4.78, 5) is 0.481. The van der Waals surface area contributed by atoms with Crippen LogP contribution in [0.3, 0.4) is 0 Å². The molecule has 0 aromatic carbocycles. The summed E-state index contributed by atoms with van der Waals surface area (Å²) in [7, 11) is -1.50. The van der Waals surface area contributed by atoms with E-state index < -0.39 is 11.0 Å². The molecule has 2 rings (SSSR count). The molecule has 0 aliphatic carbocycles. The fourth-order valence-electron chi connectivity index (χ4n) is 1.18. The Morgan fingerprint density at radius 1 is 1.75 bits per heavy atom. The van der Waals surface area contributed by atoms with Crippen molar-refractivity contribution in [2.75, 3.05) is 6.61 Å². The van der Waals surface area contributed by atoms with E-state index >= 15 is 0 Å². The fraction of sp³-hybridized carbons (Fsp3) is 0.500. The van der Waals surface area contributed by atoms with Gasteiger partial charge in [0.2, 0.25) is 5.88 Å². The molecule has 1 atom stereocenters. The van der Waals surface area contributed by atoms with Gasteiger partial charge in [-0.3, -0.25) is 0 Å². The van der Waals surface area contributed by atoms with Crippen molar-refractivity contribution in [1.82, 2.24) is 9.78 Å². The molecule has 5 nitrogen and oxygen atoms in total. The van der Waals surface area contributed by atoms with E-state index in [-0.39, 0.29) is 0 Å². The van der Waals surface area contributed by atoms with Crippen molar-refractivity contribution in [2.45, 2.75) is 17.9 Å². The number of nitrogens with two attached hydrogens (primary N) is 1. The summed E-state index contributed by atoms with van der Waals surface area (Å²) in [6.45, 7) is 1.46. The van der Waals surface area contributed by atoms with Gasteiger partial charge in [-0.1, -0.05) is 0 Å². The topological polar surface area (TPSA) is 70.1 Å². The molecule has 66 valence electrons. The van der Waals surface area contributed by atoms with Crippen LogP contribution in [-0.2, 0) is 17.5 Å². The maximum atomic E-state index is 10.9. The largest absolute Gasteiger partial charge is 0.477 e. The molecule has 0 fully saturated rings. The van der Waals surface area contributed by atoms with Crippen LogP contribution in [0.25, 0.3) is 0 Å². The van der Waals surface area contributed by atoms with Crippen molar-refractivity contribution in [3.8, 4) is 5.88 Å². The summed E-state index contributed by atoms with van der Waals surface area (Å²) in [5.74, 6) is 0.557. The van der Waals surface area contributed by atoms with Gasteiger partial charge in [0.05, 0.1) is 12.8 Å². The number of ether oxygens (including phenoxy) is 1. The molecule has 0 saturated carbocycles. The molecule has 1 aromatic heterocycles. The van der Waals surface area contributed by atoms with Gasteiger partial charge in [-0.15, -0.1) is 0 Å². The first-order chi connectivity index (χ1) is 5.79. The maximum Gasteiger partial charge on any atom is 0.229 e. The van der Waals surface area contributed by atoms with Gasteiger partial charge in [0.15, 0.2) is 0 Å². The third kappa shape index (κ3) is 1.12. The Balaban J connectivity index is 2.44. The van der Waals surface area contributed by atoms with E-state index in [1.165, 1.54) is 6.20 Å². The average Bonchev–Trinajstić information content (AvgIpc) is 2.47. The quantitative estimate of drug-likeness (QED) is 0.653. The summed E-state index contributed by atoms with van der Waals surface area (Å²) in [5.41, 5.74) is 0. The lowest BCUT2D eigenvalue weighted by molar-refractivity contribution is 0.225. The summed E-state index contributed by atoms with van der Waals surface area (Å²) < 4.78 is 17.9. The number of hydrogen-bond donors (Lipinski definition) is 1. The lowest BCUT2D eigenvalue weighted by Crippen LogP contribution is -2.16. The molecule has 1 aromatic rings. The van der Waals surface area contributed by atoms with E-state index in [9.17, 15) is 4.21 Å². The Kier molecular flexibility index (Phi) is 1.86. The molecule has 0 spiro atoms. The Morgan fingerprint density at radius 3 is 3.33 bits per heavy atom. The highest BCUT2D eigenvalue weighted by Gasteiger charge is 2.18. The molecule has 1 aliphatic rings. The van der Waals surface area contributed by atoms with Crippen LogP contribution < -0.4 is 9.88 Å². The summed E-state index contributed by atoms with van der Waals surface area (Å²) in [5, 5.41) is 9.22. The molecule has 0 saturated heterocycles. The van der Waals surface area contributed by atoms with E-state index in [0.717, 1.165) is 13.0 Å². The molecule has 6 heteroatoms. The van der Waals surface area contributed by atoms with Crippen molar-refractivity contribution in [2.24, 2.45) is 5.14 Å². The number of hydrogen-bond acceptors (Lipinski definition) is 3. The van der Waals surface area contributed by atoms with Crippen molar-refractivity contribution in [1.29, 1.82) is 0 Å². The van der Waals surface area contributed by atoms with Crippen molar-refractivity contribution in [3.63, 3.8) is 0 Å². The highest BCUT2D eigenvalue weighted by molar-refractivity contribution is 7.82. The van der Waals surface area contributed by atoms with E-state index in [0.29, 0.717) is 17.4 Å². The second-order valence-electron chi connectivity index (χ2n) is 2.54. The van der Waals surface area contributed by atoms with Crippen LogP contribution in [0.15, 0.2) is 11.1 Å². The van der Waals surface area contributed by atoms with E-state index in [2.05, 4.69) is 5.10 Å². The standard InChI is InChI=1S/C6H9N3O2S/c7-12(10)5-4-8-9-2-1-3-11-6(5)9/h4H,1-3,7H2. The fourth-order valence-corrected chi connectivity index (χ4v) is 1.67. The molecule has 0 radical (unpaired) electrons. The minimum Gasteiger partial charge on any atom is -0.477 e. The predicted octanol–water partition coefficient (Wildman–Crippen LogP) is -0.353. The number of nitrogens with zero attached hydrogens (tertiary/aromatic N) is 2. The maximum absolute atomic E-state index is 10.9. The molecule has 2 N–H and O–H groups in total. The minimum absolute atomic E-state index is 0.481. The van der Waals surface area contributed by atoms with E-state index in [1.54, 1.807) is 4.68 Å². The van der Waals surface area contributed by atoms with Crippen molar-refractivity contribution >= 4 is 11.0 Å².